The maximum atomic E-state index is 5.89. The first kappa shape index (κ1) is 14.5. The van der Waals surface area contributed by atoms with Crippen LogP contribution in [0, 0.1) is 0 Å². The van der Waals surface area contributed by atoms with E-state index in [1.54, 1.807) is 7.11 Å². The molecule has 1 aromatic carbocycles. The fraction of sp³-hybridized carbons (Fsp3) is 0.538. The molecule has 3 nitrogen and oxygen atoms in total. The van der Waals surface area contributed by atoms with Gasteiger partial charge in [-0.1, -0.05) is 6.07 Å². The van der Waals surface area contributed by atoms with Gasteiger partial charge in [0.1, 0.15) is 5.75 Å². The molecule has 96 valence electrons. The molecule has 0 aliphatic rings. The summed E-state index contributed by atoms with van der Waals surface area (Å²) in [4.78, 5) is 0. The molecular weight excluding hydrogens is 280 g/mol. The normalized spacial score (nSPS) is 11.6. The highest BCUT2D eigenvalue weighted by atomic mass is 79.9. The fourth-order valence-corrected chi connectivity index (χ4v) is 2.10. The van der Waals surface area contributed by atoms with E-state index in [2.05, 4.69) is 33.4 Å². The van der Waals surface area contributed by atoms with Crippen LogP contribution in [0.5, 0.6) is 5.75 Å². The quantitative estimate of drug-likeness (QED) is 0.793. The molecule has 1 rings (SSSR count). The maximum Gasteiger partial charge on any atom is 0.133 e. The zero-order chi connectivity index (χ0) is 12.9. The molecule has 4 heteroatoms. The minimum absolute atomic E-state index is 0.152. The van der Waals surface area contributed by atoms with E-state index in [4.69, 9.17) is 10.5 Å². The van der Waals surface area contributed by atoms with Crippen molar-refractivity contribution in [2.24, 2.45) is 5.73 Å². The summed E-state index contributed by atoms with van der Waals surface area (Å²) in [5.41, 5.74) is 7.02. The maximum absolute atomic E-state index is 5.89. The van der Waals surface area contributed by atoms with Crippen LogP contribution in [-0.4, -0.2) is 25.7 Å². The second-order valence-corrected chi connectivity index (χ2v) is 5.74. The summed E-state index contributed by atoms with van der Waals surface area (Å²) in [5, 5.41) is 3.35. The van der Waals surface area contributed by atoms with Crippen molar-refractivity contribution in [1.29, 1.82) is 0 Å². The summed E-state index contributed by atoms with van der Waals surface area (Å²) >= 11 is 3.48. The number of hydrogen-bond acceptors (Lipinski definition) is 3. The highest BCUT2D eigenvalue weighted by molar-refractivity contribution is 9.10. The smallest absolute Gasteiger partial charge is 0.133 e. The third-order valence-electron chi connectivity index (χ3n) is 2.39. The number of methoxy groups -OCH3 is 1. The van der Waals surface area contributed by atoms with E-state index in [1.165, 1.54) is 5.56 Å². The first-order chi connectivity index (χ1) is 7.92. The van der Waals surface area contributed by atoms with E-state index >= 15 is 0 Å². The van der Waals surface area contributed by atoms with Gasteiger partial charge in [-0.05, 0) is 60.4 Å². The van der Waals surface area contributed by atoms with E-state index in [1.807, 2.05) is 19.9 Å². The predicted molar refractivity (Wildman–Crippen MR) is 75.5 cm³/mol. The van der Waals surface area contributed by atoms with Crippen LogP contribution in [0.4, 0.5) is 0 Å². The molecule has 0 unspecified atom stereocenters. The first-order valence-corrected chi connectivity index (χ1v) is 6.54. The minimum atomic E-state index is -0.152. The van der Waals surface area contributed by atoms with Crippen molar-refractivity contribution in [3.63, 3.8) is 0 Å². The lowest BCUT2D eigenvalue weighted by molar-refractivity contribution is 0.412. The van der Waals surface area contributed by atoms with Gasteiger partial charge in [-0.3, -0.25) is 0 Å². The number of ether oxygens (including phenoxy) is 1. The lowest BCUT2D eigenvalue weighted by atomic mass is 10.1. The van der Waals surface area contributed by atoms with E-state index in [-0.39, 0.29) is 5.54 Å². The van der Waals surface area contributed by atoms with E-state index < -0.39 is 0 Å². The third-order valence-corrected chi connectivity index (χ3v) is 3.01. The second kappa shape index (κ2) is 6.38. The molecule has 0 saturated carbocycles. The molecule has 3 N–H and O–H groups in total. The Morgan fingerprint density at radius 2 is 2.12 bits per heavy atom. The highest BCUT2D eigenvalue weighted by Crippen LogP contribution is 2.25. The van der Waals surface area contributed by atoms with Gasteiger partial charge in [-0.15, -0.1) is 0 Å². The molecule has 17 heavy (non-hydrogen) atoms. The summed E-state index contributed by atoms with van der Waals surface area (Å²) in [7, 11) is 1.67. The van der Waals surface area contributed by atoms with E-state index in [9.17, 15) is 0 Å². The molecule has 0 aromatic heterocycles. The van der Waals surface area contributed by atoms with E-state index in [0.717, 1.165) is 29.7 Å². The third kappa shape index (κ3) is 5.52. The molecule has 0 aliphatic heterocycles. The zero-order valence-corrected chi connectivity index (χ0v) is 12.3. The van der Waals surface area contributed by atoms with Gasteiger partial charge in [-0.25, -0.2) is 0 Å². The van der Waals surface area contributed by atoms with Gasteiger partial charge >= 0.3 is 0 Å². The number of rotatable bonds is 6. The van der Waals surface area contributed by atoms with Crippen molar-refractivity contribution in [3.05, 3.63) is 28.2 Å². The van der Waals surface area contributed by atoms with Gasteiger partial charge < -0.3 is 15.8 Å². The lowest BCUT2D eigenvalue weighted by Crippen LogP contribution is -2.43. The van der Waals surface area contributed by atoms with Gasteiger partial charge in [0.05, 0.1) is 11.6 Å². The molecule has 1 aromatic rings. The molecule has 0 saturated heterocycles. The summed E-state index contributed by atoms with van der Waals surface area (Å²) < 4.78 is 6.19. The summed E-state index contributed by atoms with van der Waals surface area (Å²) in [6, 6.07) is 6.15. The Morgan fingerprint density at radius 3 is 2.65 bits per heavy atom. The molecule has 0 amide bonds. The topological polar surface area (TPSA) is 47.3 Å². The Balaban J connectivity index is 2.40. The molecule has 0 atom stereocenters. The Hall–Kier alpha value is -0.580. The number of nitrogens with two attached hydrogens (primary N) is 1. The number of halogens is 1. The average molecular weight is 301 g/mol. The van der Waals surface area contributed by atoms with Gasteiger partial charge in [0.15, 0.2) is 0 Å². The Kier molecular flexibility index (Phi) is 5.43. The molecule has 0 heterocycles. The highest BCUT2D eigenvalue weighted by Gasteiger charge is 2.08. The first-order valence-electron chi connectivity index (χ1n) is 5.74. The van der Waals surface area contributed by atoms with Crippen LogP contribution in [0.25, 0.3) is 0 Å². The van der Waals surface area contributed by atoms with Crippen molar-refractivity contribution in [1.82, 2.24) is 5.32 Å². The minimum Gasteiger partial charge on any atom is -0.496 e. The number of benzene rings is 1. The lowest BCUT2D eigenvalue weighted by Gasteiger charge is -2.19. The van der Waals surface area contributed by atoms with Crippen molar-refractivity contribution in [3.8, 4) is 5.75 Å². The fourth-order valence-electron chi connectivity index (χ4n) is 1.51. The van der Waals surface area contributed by atoms with Crippen LogP contribution in [-0.2, 0) is 6.42 Å². The monoisotopic (exact) mass is 300 g/mol. The van der Waals surface area contributed by atoms with Crippen molar-refractivity contribution < 1.29 is 4.74 Å². The van der Waals surface area contributed by atoms with Crippen molar-refractivity contribution in [2.75, 3.05) is 20.2 Å². The molecule has 0 aliphatic carbocycles. The van der Waals surface area contributed by atoms with Crippen LogP contribution in [0.3, 0.4) is 0 Å². The van der Waals surface area contributed by atoms with Crippen LogP contribution >= 0.6 is 15.9 Å². The van der Waals surface area contributed by atoms with Gasteiger partial charge in [0, 0.05) is 12.1 Å². The summed E-state index contributed by atoms with van der Waals surface area (Å²) in [6.45, 7) is 5.79. The SMILES string of the molecule is COc1ccc(CCNCC(C)(C)N)cc1Br. The van der Waals surface area contributed by atoms with Crippen LogP contribution in [0.15, 0.2) is 22.7 Å². The Labute approximate surface area is 112 Å². The van der Waals surface area contributed by atoms with Crippen LogP contribution < -0.4 is 15.8 Å². The number of nitrogens with one attached hydrogen (secondary N) is 1. The molecule has 0 bridgehead atoms. The largest absolute Gasteiger partial charge is 0.496 e. The predicted octanol–water partition coefficient (Wildman–Crippen LogP) is 2.33. The average Bonchev–Trinajstić information content (AvgIpc) is 2.23. The van der Waals surface area contributed by atoms with Gasteiger partial charge in [0.25, 0.3) is 0 Å². The van der Waals surface area contributed by atoms with Crippen LogP contribution in [0.2, 0.25) is 0 Å². The molecule has 0 radical (unpaired) electrons. The summed E-state index contributed by atoms with van der Waals surface area (Å²) in [5.74, 6) is 0.866. The van der Waals surface area contributed by atoms with Crippen LogP contribution in [0.1, 0.15) is 19.4 Å². The standard InChI is InChI=1S/C13H21BrN2O/c1-13(2,15)9-16-7-6-10-4-5-12(17-3)11(14)8-10/h4-5,8,16H,6-7,9,15H2,1-3H3. The van der Waals surface area contributed by atoms with E-state index in [0.29, 0.717) is 0 Å². The van der Waals surface area contributed by atoms with Crippen molar-refractivity contribution >= 4 is 15.9 Å². The van der Waals surface area contributed by atoms with Gasteiger partial charge in [0.2, 0.25) is 0 Å². The molecule has 0 fully saturated rings. The van der Waals surface area contributed by atoms with Crippen molar-refractivity contribution in [2.45, 2.75) is 25.8 Å². The van der Waals surface area contributed by atoms with Gasteiger partial charge in [-0.2, -0.15) is 0 Å². The Morgan fingerprint density at radius 1 is 1.41 bits per heavy atom. The zero-order valence-electron chi connectivity index (χ0n) is 10.7. The summed E-state index contributed by atoms with van der Waals surface area (Å²) in [6.07, 6.45) is 0.985. The Bertz CT molecular complexity index is 361. The number of hydrogen-bond donors (Lipinski definition) is 2. The molecule has 0 spiro atoms. The second-order valence-electron chi connectivity index (χ2n) is 4.88. The molecular formula is C13H21BrN2O.